The van der Waals surface area contributed by atoms with E-state index in [4.69, 9.17) is 9.47 Å². The van der Waals surface area contributed by atoms with Crippen LogP contribution >= 0.6 is 0 Å². The summed E-state index contributed by atoms with van der Waals surface area (Å²) in [5.74, 6) is -1.28. The number of fused-ring (bicyclic) bond motifs is 2. The molecule has 15 rings (SSSR count). The first kappa shape index (κ1) is 45.0. The number of esters is 2. The zero-order valence-corrected chi connectivity index (χ0v) is 38.8. The molecule has 0 radical (unpaired) electrons. The number of amides is 3. The molecule has 2 aromatic heterocycles. The monoisotopic (exact) mass is 918 g/mol. The summed E-state index contributed by atoms with van der Waals surface area (Å²) in [6.45, 7) is 7.32. The molecule has 11 heterocycles. The summed E-state index contributed by atoms with van der Waals surface area (Å²) in [5, 5.41) is 9.42. The minimum Gasteiger partial charge on any atom is -0.440 e. The Kier molecular flexibility index (Phi) is 12.8. The Morgan fingerprint density at radius 2 is 1.34 bits per heavy atom. The van der Waals surface area contributed by atoms with Crippen molar-refractivity contribution in [2.45, 2.75) is 76.9 Å². The zero-order chi connectivity index (χ0) is 46.9. The lowest BCUT2D eigenvalue weighted by Gasteiger charge is -2.43. The van der Waals surface area contributed by atoms with Crippen molar-refractivity contribution in [2.75, 3.05) is 59.4 Å². The van der Waals surface area contributed by atoms with Crippen LogP contribution in [-0.2, 0) is 40.6 Å². The average molecular weight is 919 g/mol. The molecule has 3 fully saturated rings. The molecule has 1 atom stereocenters. The quantitative estimate of drug-likeness (QED) is 0.207. The number of aryl methyl sites for hydroxylation is 1. The second-order valence-electron chi connectivity index (χ2n) is 18.9. The lowest BCUT2D eigenvalue weighted by Crippen LogP contribution is -2.59. The molecular formula is C53H58N8O7. The van der Waals surface area contributed by atoms with Crippen LogP contribution in [0.5, 0.6) is 0 Å². The van der Waals surface area contributed by atoms with Gasteiger partial charge in [-0.2, -0.15) is 5.10 Å². The van der Waals surface area contributed by atoms with Crippen LogP contribution in [0.15, 0.2) is 102 Å². The summed E-state index contributed by atoms with van der Waals surface area (Å²) < 4.78 is 14.7. The number of carbonyl (C=O) groups excluding carboxylic acids is 4. The van der Waals surface area contributed by atoms with Gasteiger partial charge in [0.1, 0.15) is 6.04 Å². The summed E-state index contributed by atoms with van der Waals surface area (Å²) >= 11 is 0. The van der Waals surface area contributed by atoms with E-state index in [9.17, 15) is 24.0 Å². The Morgan fingerprint density at radius 1 is 0.691 bits per heavy atom. The number of hydrogen-bond acceptors (Lipinski definition) is 10. The summed E-state index contributed by atoms with van der Waals surface area (Å²) in [5.41, 5.74) is 6.32. The summed E-state index contributed by atoms with van der Waals surface area (Å²) in [6, 6.07) is 27.3. The topological polar surface area (TPSA) is 152 Å². The van der Waals surface area contributed by atoms with Gasteiger partial charge in [0, 0.05) is 62.7 Å². The molecule has 0 spiro atoms. The van der Waals surface area contributed by atoms with Crippen LogP contribution in [0, 0.1) is 6.92 Å². The molecular weight excluding hydrogens is 861 g/mol. The molecule has 0 unspecified atom stereocenters. The van der Waals surface area contributed by atoms with Crippen molar-refractivity contribution < 1.29 is 28.7 Å². The van der Waals surface area contributed by atoms with Gasteiger partial charge in [0.05, 0.1) is 28.4 Å². The Bertz CT molecular complexity index is 2910. The molecule has 15 heteroatoms. The average Bonchev–Trinajstić information content (AvgIpc) is 3.78. The second-order valence-corrected chi connectivity index (χ2v) is 18.9. The van der Waals surface area contributed by atoms with Gasteiger partial charge < -0.3 is 29.5 Å². The highest BCUT2D eigenvalue weighted by molar-refractivity contribution is 5.91. The molecule has 6 aromatic rings. The molecule has 15 nitrogen and oxygen atoms in total. The third-order valence-electron chi connectivity index (χ3n) is 14.5. The molecule has 3 saturated heterocycles. The van der Waals surface area contributed by atoms with Crippen LogP contribution in [0.2, 0.25) is 0 Å². The highest BCUT2D eigenvalue weighted by atomic mass is 16.5. The minimum atomic E-state index is -0.827. The van der Waals surface area contributed by atoms with Gasteiger partial charge in [-0.3, -0.25) is 19.1 Å². The number of piperidine rings is 2. The second kappa shape index (κ2) is 19.4. The number of pyridine rings is 1. The standard InChI is InChI=1S/C53H58N8O7/c1-35-27-38-29-43-32-54-61(48(35)43)34-68-52(65)41-13-9-37(10-14-41)28-36-7-11-40(12-8-36)51(64)67-33-60-47-6-4-3-5-42(47)31-45(49(60)62)39-15-21-59(22-16-39)53(66)55-46(30-38)50(63)58-25-23-57(24-26-58)44-17-19-56(2)20-18-44/h3-14,27,29,31-32,39,44,46H,15-26,28,30,33-34H2,1-2H3,(H,55,66)/t46-/m1/s1. The molecule has 1 N–H and O–H groups in total. The predicted molar refractivity (Wildman–Crippen MR) is 257 cm³/mol. The van der Waals surface area contributed by atoms with Gasteiger partial charge in [-0.05, 0) is 135 Å². The van der Waals surface area contributed by atoms with Crippen molar-refractivity contribution in [2.24, 2.45) is 0 Å². The van der Waals surface area contributed by atoms with Crippen LogP contribution in [0.1, 0.15) is 80.1 Å². The SMILES string of the molecule is Cc1cc2cc3cnn(c13)COC(=O)c1ccc(cc1)Cc1ccc(cc1)C(=O)OCn1c(=O)c(cc3ccccc31)C1CCN(CC1)C(=O)N[C@@H](C(=O)N1CCN(C3CCN(C)CC3)CC1)C2. The van der Waals surface area contributed by atoms with Crippen LogP contribution in [0.4, 0.5) is 4.79 Å². The molecule has 12 bridgehead atoms. The number of likely N-dealkylation sites (tertiary alicyclic amines) is 1. The molecule has 3 amide bonds. The number of urea groups is 1. The van der Waals surface area contributed by atoms with Gasteiger partial charge in [0.25, 0.3) is 5.56 Å². The number of carbonyl (C=O) groups is 4. The van der Waals surface area contributed by atoms with E-state index >= 15 is 0 Å². The van der Waals surface area contributed by atoms with E-state index in [0.29, 0.717) is 73.7 Å². The van der Waals surface area contributed by atoms with Crippen molar-refractivity contribution in [3.05, 3.63) is 146 Å². The van der Waals surface area contributed by atoms with Gasteiger partial charge in [0.15, 0.2) is 13.5 Å². The third-order valence-corrected chi connectivity index (χ3v) is 14.5. The van der Waals surface area contributed by atoms with Crippen molar-refractivity contribution in [3.8, 4) is 0 Å². The van der Waals surface area contributed by atoms with Crippen LogP contribution in [-0.4, -0.2) is 129 Å². The molecule has 9 aliphatic heterocycles. The van der Waals surface area contributed by atoms with Gasteiger partial charge in [-0.15, -0.1) is 0 Å². The lowest BCUT2D eigenvalue weighted by molar-refractivity contribution is -0.135. The fourth-order valence-electron chi connectivity index (χ4n) is 10.6. The number of benzene rings is 4. The first-order chi connectivity index (χ1) is 33.0. The fraction of sp³-hybridized carbons (Fsp3) is 0.396. The van der Waals surface area contributed by atoms with Gasteiger partial charge >= 0.3 is 18.0 Å². The smallest absolute Gasteiger partial charge is 0.339 e. The minimum absolute atomic E-state index is 0.0904. The van der Waals surface area contributed by atoms with E-state index < -0.39 is 18.0 Å². The number of rotatable bonds is 2. The Hall–Kier alpha value is -6.84. The van der Waals surface area contributed by atoms with E-state index in [1.165, 1.54) is 4.57 Å². The lowest BCUT2D eigenvalue weighted by atomic mass is 9.89. The Balaban J connectivity index is 0.932. The van der Waals surface area contributed by atoms with Crippen molar-refractivity contribution in [3.63, 3.8) is 0 Å². The number of nitrogens with one attached hydrogen (secondary N) is 1. The summed E-state index contributed by atoms with van der Waals surface area (Å²) in [7, 11) is 2.16. The molecule has 0 saturated carbocycles. The normalized spacial score (nSPS) is 20.8. The predicted octanol–water partition coefficient (Wildman–Crippen LogP) is 5.93. The van der Waals surface area contributed by atoms with Crippen molar-refractivity contribution in [1.82, 2.24) is 39.3 Å². The van der Waals surface area contributed by atoms with E-state index in [-0.39, 0.29) is 43.3 Å². The first-order valence-electron chi connectivity index (χ1n) is 23.9. The van der Waals surface area contributed by atoms with E-state index in [0.717, 1.165) is 77.6 Å². The molecule has 0 aliphatic carbocycles. The molecule has 9 aliphatic rings. The van der Waals surface area contributed by atoms with E-state index in [1.807, 2.05) is 78.6 Å². The maximum Gasteiger partial charge on any atom is 0.339 e. The number of hydrogen-bond donors (Lipinski definition) is 1. The maximum absolute atomic E-state index is 14.6. The van der Waals surface area contributed by atoms with Gasteiger partial charge in [-0.1, -0.05) is 48.5 Å². The Labute approximate surface area is 395 Å². The number of aromatic nitrogens is 3. The number of ether oxygens (including phenoxy) is 2. The van der Waals surface area contributed by atoms with Crippen molar-refractivity contribution >= 4 is 45.7 Å². The van der Waals surface area contributed by atoms with Crippen LogP contribution in [0.25, 0.3) is 21.8 Å². The van der Waals surface area contributed by atoms with E-state index in [2.05, 4.69) is 27.3 Å². The highest BCUT2D eigenvalue weighted by Crippen LogP contribution is 2.29. The maximum atomic E-state index is 14.6. The Morgan fingerprint density at radius 3 is 2.01 bits per heavy atom. The fourth-order valence-corrected chi connectivity index (χ4v) is 10.6. The van der Waals surface area contributed by atoms with Crippen LogP contribution < -0.4 is 10.9 Å². The zero-order valence-electron chi connectivity index (χ0n) is 38.8. The number of piperazine rings is 1. The van der Waals surface area contributed by atoms with Crippen LogP contribution in [0.3, 0.4) is 0 Å². The number of nitrogens with zero attached hydrogens (tertiary/aromatic N) is 7. The summed E-state index contributed by atoms with van der Waals surface area (Å²) in [4.78, 5) is 78.3. The van der Waals surface area contributed by atoms with Gasteiger partial charge in [-0.25, -0.2) is 19.1 Å². The highest BCUT2D eigenvalue weighted by Gasteiger charge is 2.34. The van der Waals surface area contributed by atoms with Gasteiger partial charge in [0.2, 0.25) is 5.91 Å². The third kappa shape index (κ3) is 9.50. The largest absolute Gasteiger partial charge is 0.440 e. The van der Waals surface area contributed by atoms with E-state index in [1.54, 1.807) is 40.0 Å². The van der Waals surface area contributed by atoms with Crippen molar-refractivity contribution in [1.29, 1.82) is 0 Å². The molecule has 4 aromatic carbocycles. The number of para-hydroxylation sites is 1. The summed E-state index contributed by atoms with van der Waals surface area (Å²) in [6.07, 6.45) is 5.92. The molecule has 352 valence electrons. The molecule has 68 heavy (non-hydrogen) atoms. The first-order valence-corrected chi connectivity index (χ1v) is 23.9.